The lowest BCUT2D eigenvalue weighted by atomic mass is 9.60. The Morgan fingerprint density at radius 2 is 1.64 bits per heavy atom. The lowest BCUT2D eigenvalue weighted by Gasteiger charge is -2.56. The van der Waals surface area contributed by atoms with Crippen molar-refractivity contribution in [1.82, 2.24) is 30.4 Å². The molecule has 4 fully saturated rings. The summed E-state index contributed by atoms with van der Waals surface area (Å²) < 4.78 is 0. The highest BCUT2D eigenvalue weighted by molar-refractivity contribution is 5.76. The standard InChI is InChI=1S/C31H40N10O/c42-28-4-2-1-3-25(28)26-15-27-29(37-36-26)33-20-24-21-40(13-14-41(24)27)30-34-18-23(19-35-30)38-9-5-31(6-10-38)16-22(17-31)39-11-7-32-8-12-39/h1-4,15,18-19,22,24,32,42H,5-14,16-17,20-21H2,(H,33,37)/t24-/m0/s1. The summed E-state index contributed by atoms with van der Waals surface area (Å²) >= 11 is 0. The van der Waals surface area contributed by atoms with Crippen LogP contribution in [0.3, 0.4) is 0 Å². The van der Waals surface area contributed by atoms with Crippen molar-refractivity contribution in [3.63, 3.8) is 0 Å². The summed E-state index contributed by atoms with van der Waals surface area (Å²) in [5.41, 5.74) is 4.11. The van der Waals surface area contributed by atoms with Gasteiger partial charge in [-0.15, -0.1) is 10.2 Å². The predicted octanol–water partition coefficient (Wildman–Crippen LogP) is 2.41. The quantitative estimate of drug-likeness (QED) is 0.432. The lowest BCUT2D eigenvalue weighted by Crippen LogP contribution is -2.58. The van der Waals surface area contributed by atoms with Crippen molar-refractivity contribution in [2.45, 2.75) is 37.8 Å². The summed E-state index contributed by atoms with van der Waals surface area (Å²) in [6.45, 7) is 10.2. The molecule has 0 bridgehead atoms. The van der Waals surface area contributed by atoms with E-state index in [1.165, 1.54) is 38.8 Å². The molecule has 1 saturated carbocycles. The van der Waals surface area contributed by atoms with E-state index in [1.807, 2.05) is 36.7 Å². The van der Waals surface area contributed by atoms with Gasteiger partial charge in [-0.3, -0.25) is 4.90 Å². The van der Waals surface area contributed by atoms with Crippen molar-refractivity contribution >= 4 is 23.1 Å². The first-order chi connectivity index (χ1) is 20.6. The molecule has 0 radical (unpaired) electrons. The molecule has 1 atom stereocenters. The zero-order valence-corrected chi connectivity index (χ0v) is 24.1. The number of piperidine rings is 1. The molecule has 0 amide bonds. The minimum absolute atomic E-state index is 0.212. The van der Waals surface area contributed by atoms with Crippen molar-refractivity contribution in [2.75, 3.05) is 85.5 Å². The van der Waals surface area contributed by atoms with E-state index in [4.69, 9.17) is 9.97 Å². The molecular weight excluding hydrogens is 528 g/mol. The van der Waals surface area contributed by atoms with Gasteiger partial charge in [-0.05, 0) is 49.3 Å². The van der Waals surface area contributed by atoms with E-state index < -0.39 is 0 Å². The summed E-state index contributed by atoms with van der Waals surface area (Å²) in [5, 5.41) is 26.1. The molecule has 5 aliphatic rings. The van der Waals surface area contributed by atoms with Crippen molar-refractivity contribution < 1.29 is 5.11 Å². The molecule has 2 aromatic heterocycles. The van der Waals surface area contributed by atoms with Gasteiger partial charge in [0.2, 0.25) is 5.95 Å². The molecule has 3 saturated heterocycles. The minimum Gasteiger partial charge on any atom is -0.507 e. The highest BCUT2D eigenvalue weighted by atomic mass is 16.3. The van der Waals surface area contributed by atoms with Crippen LogP contribution in [0.15, 0.2) is 42.7 Å². The first-order valence-electron chi connectivity index (χ1n) is 15.6. The van der Waals surface area contributed by atoms with Gasteiger partial charge in [0.1, 0.15) is 5.75 Å². The smallest absolute Gasteiger partial charge is 0.225 e. The van der Waals surface area contributed by atoms with Gasteiger partial charge in [0, 0.05) is 77.1 Å². The number of phenols is 1. The van der Waals surface area contributed by atoms with Gasteiger partial charge in [-0.2, -0.15) is 0 Å². The summed E-state index contributed by atoms with van der Waals surface area (Å²) in [5.74, 6) is 1.81. The van der Waals surface area contributed by atoms with E-state index >= 15 is 0 Å². The molecular formula is C31H40N10O. The second kappa shape index (κ2) is 10.5. The molecule has 1 aromatic carbocycles. The number of benzene rings is 1. The summed E-state index contributed by atoms with van der Waals surface area (Å²) in [4.78, 5) is 19.6. The van der Waals surface area contributed by atoms with Crippen molar-refractivity contribution in [2.24, 2.45) is 5.41 Å². The van der Waals surface area contributed by atoms with Gasteiger partial charge in [0.15, 0.2) is 5.82 Å². The Bertz CT molecular complexity index is 1410. The monoisotopic (exact) mass is 568 g/mol. The fourth-order valence-electron chi connectivity index (χ4n) is 7.83. The molecule has 6 heterocycles. The first-order valence-corrected chi connectivity index (χ1v) is 15.6. The second-order valence-electron chi connectivity index (χ2n) is 12.7. The number of aromatic nitrogens is 4. The largest absolute Gasteiger partial charge is 0.507 e. The van der Waals surface area contributed by atoms with Crippen LogP contribution in [0.5, 0.6) is 5.75 Å². The third kappa shape index (κ3) is 4.68. The molecule has 11 heteroatoms. The van der Waals surface area contributed by atoms with E-state index in [0.29, 0.717) is 16.7 Å². The average molecular weight is 569 g/mol. The van der Waals surface area contributed by atoms with Gasteiger partial charge < -0.3 is 30.4 Å². The molecule has 220 valence electrons. The fraction of sp³-hybridized carbons (Fsp3) is 0.548. The number of hydrogen-bond acceptors (Lipinski definition) is 11. The van der Waals surface area contributed by atoms with Crippen LogP contribution in [0, 0.1) is 5.41 Å². The topological polar surface area (TPSA) is 109 Å². The van der Waals surface area contributed by atoms with Crippen molar-refractivity contribution in [1.29, 1.82) is 0 Å². The number of anilines is 4. The fourth-order valence-corrected chi connectivity index (χ4v) is 7.83. The summed E-state index contributed by atoms with van der Waals surface area (Å²) in [6.07, 6.45) is 9.38. The van der Waals surface area contributed by atoms with Crippen molar-refractivity contribution in [3.8, 4) is 17.0 Å². The van der Waals surface area contributed by atoms with Gasteiger partial charge in [-0.25, -0.2) is 9.97 Å². The van der Waals surface area contributed by atoms with E-state index in [-0.39, 0.29) is 11.8 Å². The lowest BCUT2D eigenvalue weighted by molar-refractivity contribution is -0.0208. The third-order valence-corrected chi connectivity index (χ3v) is 10.4. The zero-order valence-electron chi connectivity index (χ0n) is 24.1. The normalized spacial score (nSPS) is 24.1. The van der Waals surface area contributed by atoms with Gasteiger partial charge in [-0.1, -0.05) is 12.1 Å². The van der Waals surface area contributed by atoms with Crippen LogP contribution in [0.25, 0.3) is 11.3 Å². The zero-order chi connectivity index (χ0) is 28.1. The van der Waals surface area contributed by atoms with Crippen LogP contribution in [0.1, 0.15) is 25.7 Å². The maximum Gasteiger partial charge on any atom is 0.225 e. The molecule has 11 nitrogen and oxygen atoms in total. The molecule has 3 N–H and O–H groups in total. The van der Waals surface area contributed by atoms with Crippen molar-refractivity contribution in [3.05, 3.63) is 42.7 Å². The third-order valence-electron chi connectivity index (χ3n) is 10.4. The number of nitrogens with one attached hydrogen (secondary N) is 2. The van der Waals surface area contributed by atoms with Gasteiger partial charge in [0.05, 0.1) is 35.5 Å². The molecule has 0 unspecified atom stereocenters. The number of fused-ring (bicyclic) bond motifs is 3. The molecule has 3 aromatic rings. The first kappa shape index (κ1) is 26.0. The Kier molecular flexibility index (Phi) is 6.51. The molecule has 42 heavy (non-hydrogen) atoms. The summed E-state index contributed by atoms with van der Waals surface area (Å²) in [7, 11) is 0. The Balaban J connectivity index is 0.886. The van der Waals surface area contributed by atoms with Crippen LogP contribution >= 0.6 is 0 Å². The predicted molar refractivity (Wildman–Crippen MR) is 164 cm³/mol. The van der Waals surface area contributed by atoms with Crippen LogP contribution in [0.2, 0.25) is 0 Å². The highest BCUT2D eigenvalue weighted by Crippen LogP contribution is 2.51. The molecule has 8 rings (SSSR count). The highest BCUT2D eigenvalue weighted by Gasteiger charge is 2.47. The maximum atomic E-state index is 10.3. The number of aromatic hydroxyl groups is 1. The van der Waals surface area contributed by atoms with E-state index in [0.717, 1.165) is 81.5 Å². The Morgan fingerprint density at radius 1 is 0.857 bits per heavy atom. The van der Waals surface area contributed by atoms with Crippen LogP contribution in [-0.2, 0) is 0 Å². The van der Waals surface area contributed by atoms with Gasteiger partial charge >= 0.3 is 0 Å². The number of rotatable bonds is 4. The number of piperazine rings is 2. The number of hydrogen-bond donors (Lipinski definition) is 3. The van der Waals surface area contributed by atoms with Crippen LogP contribution < -0.4 is 25.3 Å². The maximum absolute atomic E-state index is 10.3. The van der Waals surface area contributed by atoms with E-state index in [9.17, 15) is 5.11 Å². The average Bonchev–Trinajstić information content (AvgIpc) is 3.04. The van der Waals surface area contributed by atoms with Gasteiger partial charge in [0.25, 0.3) is 0 Å². The Morgan fingerprint density at radius 3 is 2.43 bits per heavy atom. The van der Waals surface area contributed by atoms with E-state index in [1.54, 1.807) is 6.07 Å². The molecule has 1 aliphatic carbocycles. The number of para-hydroxylation sites is 1. The number of nitrogens with zero attached hydrogens (tertiary/aromatic N) is 8. The SMILES string of the molecule is Oc1ccccc1-c1cc2c(nn1)NC[C@H]1CN(c3ncc(N4CCC5(CC4)CC(N4CCNCC4)C5)cn3)CCN21. The molecule has 1 spiro atoms. The van der Waals surface area contributed by atoms with Crippen LogP contribution in [0.4, 0.5) is 23.1 Å². The second-order valence-corrected chi connectivity index (χ2v) is 12.7. The summed E-state index contributed by atoms with van der Waals surface area (Å²) in [6, 6.07) is 10.4. The minimum atomic E-state index is 0.212. The van der Waals surface area contributed by atoms with E-state index in [2.05, 4.69) is 40.4 Å². The van der Waals surface area contributed by atoms with Crippen LogP contribution in [-0.4, -0.2) is 108 Å². The molecule has 4 aliphatic heterocycles. The Hall–Kier alpha value is -3.70. The Labute approximate surface area is 247 Å². The number of phenolic OH excluding ortho intramolecular Hbond substituents is 1.